The molecule has 0 bridgehead atoms. The zero-order valence-electron chi connectivity index (χ0n) is 15.9. The normalized spacial score (nSPS) is 20.5. The van der Waals surface area contributed by atoms with E-state index in [1.165, 1.54) is 89.9 Å². The van der Waals surface area contributed by atoms with Crippen LogP contribution in [-0.4, -0.2) is 13.2 Å². The van der Waals surface area contributed by atoms with E-state index in [4.69, 9.17) is 9.47 Å². The molecule has 1 saturated carbocycles. The second kappa shape index (κ2) is 15.6. The highest BCUT2D eigenvalue weighted by Gasteiger charge is 2.20. The predicted octanol–water partition coefficient (Wildman–Crippen LogP) is 7.01. The molecule has 24 heavy (non-hydrogen) atoms. The van der Waals surface area contributed by atoms with E-state index in [0.717, 1.165) is 25.0 Å². The zero-order chi connectivity index (χ0) is 17.3. The summed E-state index contributed by atoms with van der Waals surface area (Å²) in [4.78, 5) is 0. The lowest BCUT2D eigenvalue weighted by molar-refractivity contribution is 0.231. The average molecular weight is 337 g/mol. The number of rotatable bonds is 16. The van der Waals surface area contributed by atoms with Crippen LogP contribution in [-0.2, 0) is 9.47 Å². The maximum absolute atomic E-state index is 5.16. The summed E-state index contributed by atoms with van der Waals surface area (Å²) in [6.45, 7) is 8.83. The van der Waals surface area contributed by atoms with Gasteiger partial charge in [-0.05, 0) is 24.7 Å². The van der Waals surface area contributed by atoms with Gasteiger partial charge in [-0.1, -0.05) is 90.2 Å². The molecule has 0 spiro atoms. The average Bonchev–Trinajstić information content (AvgIpc) is 2.61. The quantitative estimate of drug-likeness (QED) is 0.223. The highest BCUT2D eigenvalue weighted by Crippen LogP contribution is 2.34. The smallest absolute Gasteiger partial charge is 0.0873 e. The van der Waals surface area contributed by atoms with Gasteiger partial charge in [0.2, 0.25) is 0 Å². The molecule has 0 heterocycles. The molecule has 1 aliphatic carbocycles. The van der Waals surface area contributed by atoms with Crippen LogP contribution in [0.15, 0.2) is 25.7 Å². The minimum atomic E-state index is 0.843. The molecule has 0 saturated heterocycles. The number of ether oxygens (including phenoxy) is 2. The lowest BCUT2D eigenvalue weighted by atomic mass is 9.78. The number of hydrogen-bond donors (Lipinski definition) is 0. The van der Waals surface area contributed by atoms with Crippen LogP contribution in [0.25, 0.3) is 0 Å². The Morgan fingerprint density at radius 3 is 1.33 bits per heavy atom. The van der Waals surface area contributed by atoms with E-state index in [1.54, 1.807) is 12.5 Å². The van der Waals surface area contributed by atoms with E-state index >= 15 is 0 Å². The van der Waals surface area contributed by atoms with Gasteiger partial charge in [0, 0.05) is 0 Å². The minimum Gasteiger partial charge on any atom is -0.502 e. The molecule has 0 aromatic rings. The van der Waals surface area contributed by atoms with E-state index < -0.39 is 0 Å². The third-order valence-corrected chi connectivity index (χ3v) is 5.45. The van der Waals surface area contributed by atoms with E-state index in [2.05, 4.69) is 13.2 Å². The van der Waals surface area contributed by atoms with Crippen LogP contribution in [0, 0.1) is 11.8 Å². The topological polar surface area (TPSA) is 18.5 Å². The van der Waals surface area contributed by atoms with Gasteiger partial charge in [-0.25, -0.2) is 0 Å². The summed E-state index contributed by atoms with van der Waals surface area (Å²) in [6, 6.07) is 0. The Hall–Kier alpha value is -0.920. The van der Waals surface area contributed by atoms with Crippen molar-refractivity contribution in [2.45, 2.75) is 89.9 Å². The highest BCUT2D eigenvalue weighted by molar-refractivity contribution is 4.73. The molecule has 140 valence electrons. The van der Waals surface area contributed by atoms with Crippen LogP contribution in [0.2, 0.25) is 0 Å². The third kappa shape index (κ3) is 11.6. The maximum Gasteiger partial charge on any atom is 0.0873 e. The fourth-order valence-corrected chi connectivity index (χ4v) is 3.92. The first kappa shape index (κ1) is 21.1. The molecule has 0 atom stereocenters. The van der Waals surface area contributed by atoms with Gasteiger partial charge in [-0.2, -0.15) is 0 Å². The van der Waals surface area contributed by atoms with Crippen LogP contribution < -0.4 is 0 Å². The fraction of sp³-hybridized carbons (Fsp3) is 0.818. The third-order valence-electron chi connectivity index (χ3n) is 5.45. The minimum absolute atomic E-state index is 0.843. The van der Waals surface area contributed by atoms with Crippen molar-refractivity contribution >= 4 is 0 Å². The Kier molecular flexibility index (Phi) is 13.7. The predicted molar refractivity (Wildman–Crippen MR) is 104 cm³/mol. The van der Waals surface area contributed by atoms with Crippen LogP contribution in [0.5, 0.6) is 0 Å². The van der Waals surface area contributed by atoms with Crippen molar-refractivity contribution in [3.63, 3.8) is 0 Å². The molecule has 1 rings (SSSR count). The second-order valence-electron chi connectivity index (χ2n) is 7.37. The molecule has 0 aromatic carbocycles. The van der Waals surface area contributed by atoms with Gasteiger partial charge in [-0.3, -0.25) is 0 Å². The maximum atomic E-state index is 5.16. The Bertz CT molecular complexity index is 262. The molecule has 0 aliphatic heterocycles. The van der Waals surface area contributed by atoms with Crippen LogP contribution in [0.1, 0.15) is 89.9 Å². The van der Waals surface area contributed by atoms with E-state index in [9.17, 15) is 0 Å². The zero-order valence-corrected chi connectivity index (χ0v) is 15.9. The van der Waals surface area contributed by atoms with Crippen molar-refractivity contribution in [1.82, 2.24) is 0 Å². The molecule has 0 N–H and O–H groups in total. The highest BCUT2D eigenvalue weighted by atomic mass is 16.5. The summed E-state index contributed by atoms with van der Waals surface area (Å²) < 4.78 is 10.3. The van der Waals surface area contributed by atoms with Crippen molar-refractivity contribution in [3.05, 3.63) is 25.7 Å². The molecule has 0 radical (unpaired) electrons. The van der Waals surface area contributed by atoms with Gasteiger partial charge in [0.1, 0.15) is 0 Å². The molecular formula is C22H40O2. The molecule has 1 fully saturated rings. The summed E-state index contributed by atoms with van der Waals surface area (Å²) in [6.07, 6.45) is 22.5. The summed E-state index contributed by atoms with van der Waals surface area (Å²) in [5.41, 5.74) is 0. The Morgan fingerprint density at radius 1 is 0.583 bits per heavy atom. The Labute approximate surface area is 150 Å². The Morgan fingerprint density at radius 2 is 0.958 bits per heavy atom. The SMILES string of the molecule is C=COCCCCCCC1CCC(CCCCCCOC=C)CC1. The van der Waals surface area contributed by atoms with Gasteiger partial charge in [0.05, 0.1) is 25.7 Å². The second-order valence-corrected chi connectivity index (χ2v) is 7.37. The molecule has 1 aliphatic rings. The summed E-state index contributed by atoms with van der Waals surface area (Å²) in [5, 5.41) is 0. The summed E-state index contributed by atoms with van der Waals surface area (Å²) >= 11 is 0. The van der Waals surface area contributed by atoms with Crippen molar-refractivity contribution < 1.29 is 9.47 Å². The van der Waals surface area contributed by atoms with Crippen LogP contribution in [0.4, 0.5) is 0 Å². The monoisotopic (exact) mass is 336 g/mol. The fourth-order valence-electron chi connectivity index (χ4n) is 3.92. The first-order valence-corrected chi connectivity index (χ1v) is 10.3. The van der Waals surface area contributed by atoms with Crippen LogP contribution in [0.3, 0.4) is 0 Å². The molecule has 0 unspecified atom stereocenters. The van der Waals surface area contributed by atoms with Crippen molar-refractivity contribution in [2.24, 2.45) is 11.8 Å². The molecule has 0 aromatic heterocycles. The molecule has 2 heteroatoms. The number of unbranched alkanes of at least 4 members (excludes halogenated alkanes) is 6. The van der Waals surface area contributed by atoms with Crippen molar-refractivity contribution in [3.8, 4) is 0 Å². The molecular weight excluding hydrogens is 296 g/mol. The van der Waals surface area contributed by atoms with Gasteiger partial charge >= 0.3 is 0 Å². The largest absolute Gasteiger partial charge is 0.502 e. The lowest BCUT2D eigenvalue weighted by Gasteiger charge is -2.28. The van der Waals surface area contributed by atoms with Crippen molar-refractivity contribution in [1.29, 1.82) is 0 Å². The van der Waals surface area contributed by atoms with Gasteiger partial charge in [0.15, 0.2) is 0 Å². The first-order chi connectivity index (χ1) is 11.9. The van der Waals surface area contributed by atoms with Gasteiger partial charge in [-0.15, -0.1) is 0 Å². The van der Waals surface area contributed by atoms with E-state index in [0.29, 0.717) is 0 Å². The van der Waals surface area contributed by atoms with E-state index in [-0.39, 0.29) is 0 Å². The lowest BCUT2D eigenvalue weighted by Crippen LogP contribution is -2.14. The van der Waals surface area contributed by atoms with Gasteiger partial charge < -0.3 is 9.47 Å². The number of hydrogen-bond acceptors (Lipinski definition) is 2. The van der Waals surface area contributed by atoms with E-state index in [1.807, 2.05) is 0 Å². The molecule has 2 nitrogen and oxygen atoms in total. The van der Waals surface area contributed by atoms with Crippen molar-refractivity contribution in [2.75, 3.05) is 13.2 Å². The standard InChI is InChI=1S/C22H40O2/c1-3-23-19-11-7-5-9-13-21-15-17-22(18-16-21)14-10-6-8-12-20-24-4-2/h3-4,21-22H,1-2,5-20H2. The molecule has 0 amide bonds. The van der Waals surface area contributed by atoms with Crippen LogP contribution >= 0.6 is 0 Å². The Balaban J connectivity index is 1.87. The first-order valence-electron chi connectivity index (χ1n) is 10.3. The van der Waals surface area contributed by atoms with Gasteiger partial charge in [0.25, 0.3) is 0 Å². The summed E-state index contributed by atoms with van der Waals surface area (Å²) in [5.74, 6) is 2.03. The summed E-state index contributed by atoms with van der Waals surface area (Å²) in [7, 11) is 0.